The predicted molar refractivity (Wildman–Crippen MR) is 61.2 cm³/mol. The van der Waals surface area contributed by atoms with E-state index < -0.39 is 0 Å². The van der Waals surface area contributed by atoms with Crippen molar-refractivity contribution in [2.24, 2.45) is 0 Å². The fourth-order valence-corrected chi connectivity index (χ4v) is 1.73. The normalized spacial score (nSPS) is 19.0. The van der Waals surface area contributed by atoms with E-state index in [1.54, 1.807) is 7.11 Å². The Morgan fingerprint density at radius 2 is 2.07 bits per heavy atom. The Labute approximate surface area is 92.9 Å². The molecule has 1 aliphatic rings. The lowest BCUT2D eigenvalue weighted by Gasteiger charge is -2.18. The zero-order chi connectivity index (χ0) is 10.8. The molecule has 0 aromatic rings. The van der Waals surface area contributed by atoms with Crippen molar-refractivity contribution in [3.63, 3.8) is 0 Å². The summed E-state index contributed by atoms with van der Waals surface area (Å²) < 4.78 is 10.5. The minimum atomic E-state index is 0.799. The Morgan fingerprint density at radius 3 is 2.93 bits per heavy atom. The van der Waals surface area contributed by atoms with Gasteiger partial charge >= 0.3 is 0 Å². The van der Waals surface area contributed by atoms with Crippen molar-refractivity contribution in [1.82, 2.24) is 10.2 Å². The van der Waals surface area contributed by atoms with Crippen LogP contribution in [0.3, 0.4) is 0 Å². The zero-order valence-corrected chi connectivity index (χ0v) is 9.83. The van der Waals surface area contributed by atoms with Crippen molar-refractivity contribution in [2.75, 3.05) is 59.7 Å². The third kappa shape index (κ3) is 6.84. The predicted octanol–water partition coefficient (Wildman–Crippen LogP) is 0.335. The van der Waals surface area contributed by atoms with Crippen LogP contribution in [0.2, 0.25) is 0 Å². The van der Waals surface area contributed by atoms with E-state index in [2.05, 4.69) is 10.2 Å². The maximum atomic E-state index is 5.54. The molecule has 0 radical (unpaired) electrons. The Hall–Kier alpha value is -0.160. The van der Waals surface area contributed by atoms with Crippen molar-refractivity contribution in [2.45, 2.75) is 12.8 Å². The highest BCUT2D eigenvalue weighted by Crippen LogP contribution is 1.95. The first kappa shape index (κ1) is 12.9. The van der Waals surface area contributed by atoms with Crippen LogP contribution in [-0.2, 0) is 9.47 Å². The second-order valence-corrected chi connectivity index (χ2v) is 3.90. The number of hydrogen-bond donors (Lipinski definition) is 1. The van der Waals surface area contributed by atoms with Crippen LogP contribution in [0.25, 0.3) is 0 Å². The maximum absolute atomic E-state index is 5.54. The van der Waals surface area contributed by atoms with E-state index in [1.165, 1.54) is 13.0 Å². The highest BCUT2D eigenvalue weighted by molar-refractivity contribution is 4.65. The van der Waals surface area contributed by atoms with Gasteiger partial charge in [0, 0.05) is 40.0 Å². The molecule has 1 rings (SSSR count). The molecule has 90 valence electrons. The summed E-state index contributed by atoms with van der Waals surface area (Å²) in [5.41, 5.74) is 0. The number of ether oxygens (including phenoxy) is 2. The van der Waals surface area contributed by atoms with Gasteiger partial charge in [-0.25, -0.2) is 0 Å². The van der Waals surface area contributed by atoms with Crippen LogP contribution in [0.1, 0.15) is 12.8 Å². The van der Waals surface area contributed by atoms with Gasteiger partial charge in [0.05, 0.1) is 6.61 Å². The molecule has 4 nitrogen and oxygen atoms in total. The molecule has 1 fully saturated rings. The fraction of sp³-hybridized carbons (Fsp3) is 1.00. The van der Waals surface area contributed by atoms with Gasteiger partial charge in [0.1, 0.15) is 0 Å². The summed E-state index contributed by atoms with van der Waals surface area (Å²) in [6.45, 7) is 8.16. The van der Waals surface area contributed by atoms with Crippen molar-refractivity contribution in [3.05, 3.63) is 0 Å². The minimum absolute atomic E-state index is 0.799. The van der Waals surface area contributed by atoms with E-state index in [0.29, 0.717) is 0 Å². The van der Waals surface area contributed by atoms with Crippen molar-refractivity contribution in [1.29, 1.82) is 0 Å². The van der Waals surface area contributed by atoms with Crippen LogP contribution in [0.5, 0.6) is 0 Å². The lowest BCUT2D eigenvalue weighted by Crippen LogP contribution is -2.31. The third-order valence-electron chi connectivity index (χ3n) is 2.62. The van der Waals surface area contributed by atoms with E-state index in [0.717, 1.165) is 52.4 Å². The SMILES string of the molecule is COCCCOCCN1CCCNCC1. The van der Waals surface area contributed by atoms with Gasteiger partial charge in [0.2, 0.25) is 0 Å². The standard InChI is InChI=1S/C11H24N2O2/c1-14-9-3-10-15-11-8-13-6-2-4-12-5-7-13/h12H,2-11H2,1H3. The first-order valence-electron chi connectivity index (χ1n) is 5.93. The molecule has 0 unspecified atom stereocenters. The van der Waals surface area contributed by atoms with Crippen LogP contribution in [-0.4, -0.2) is 64.6 Å². The first-order valence-corrected chi connectivity index (χ1v) is 5.93. The Balaban J connectivity index is 1.89. The summed E-state index contributed by atoms with van der Waals surface area (Å²) in [7, 11) is 1.73. The molecule has 0 aromatic heterocycles. The molecule has 0 saturated carbocycles. The first-order chi connectivity index (χ1) is 7.43. The average molecular weight is 216 g/mol. The molecular weight excluding hydrogens is 192 g/mol. The van der Waals surface area contributed by atoms with Crippen LogP contribution >= 0.6 is 0 Å². The Morgan fingerprint density at radius 1 is 1.13 bits per heavy atom. The molecule has 15 heavy (non-hydrogen) atoms. The quantitative estimate of drug-likeness (QED) is 0.622. The number of methoxy groups -OCH3 is 1. The summed E-state index contributed by atoms with van der Waals surface area (Å²) >= 11 is 0. The summed E-state index contributed by atoms with van der Waals surface area (Å²) in [5, 5.41) is 3.40. The molecule has 1 saturated heterocycles. The number of rotatable bonds is 7. The Kier molecular flexibility index (Phi) is 7.83. The lowest BCUT2D eigenvalue weighted by molar-refractivity contribution is 0.0851. The van der Waals surface area contributed by atoms with Gasteiger partial charge in [0.15, 0.2) is 0 Å². The van der Waals surface area contributed by atoms with Crippen LogP contribution in [0.4, 0.5) is 0 Å². The highest BCUT2D eigenvalue weighted by Gasteiger charge is 2.07. The van der Waals surface area contributed by atoms with Gasteiger partial charge < -0.3 is 14.8 Å². The van der Waals surface area contributed by atoms with E-state index >= 15 is 0 Å². The van der Waals surface area contributed by atoms with Gasteiger partial charge in [-0.15, -0.1) is 0 Å². The molecule has 4 heteroatoms. The molecule has 1 heterocycles. The Bertz CT molecular complexity index is 137. The topological polar surface area (TPSA) is 33.7 Å². The number of nitrogens with one attached hydrogen (secondary N) is 1. The molecular formula is C11H24N2O2. The molecule has 0 aliphatic carbocycles. The minimum Gasteiger partial charge on any atom is -0.385 e. The van der Waals surface area contributed by atoms with Crippen molar-refractivity contribution < 1.29 is 9.47 Å². The van der Waals surface area contributed by atoms with Gasteiger partial charge in [-0.2, -0.15) is 0 Å². The molecule has 1 aliphatic heterocycles. The summed E-state index contributed by atoms with van der Waals surface area (Å²) in [6.07, 6.45) is 2.25. The number of hydrogen-bond acceptors (Lipinski definition) is 4. The summed E-state index contributed by atoms with van der Waals surface area (Å²) in [4.78, 5) is 2.47. The second-order valence-electron chi connectivity index (χ2n) is 3.90. The lowest BCUT2D eigenvalue weighted by atomic mass is 10.4. The highest BCUT2D eigenvalue weighted by atomic mass is 16.5. The third-order valence-corrected chi connectivity index (χ3v) is 2.62. The smallest absolute Gasteiger partial charge is 0.0593 e. The summed E-state index contributed by atoms with van der Waals surface area (Å²) in [5.74, 6) is 0. The average Bonchev–Trinajstić information content (AvgIpc) is 2.52. The second kappa shape index (κ2) is 9.09. The van der Waals surface area contributed by atoms with Gasteiger partial charge in [0.25, 0.3) is 0 Å². The molecule has 0 aromatic carbocycles. The maximum Gasteiger partial charge on any atom is 0.0593 e. The van der Waals surface area contributed by atoms with Crippen LogP contribution in [0, 0.1) is 0 Å². The van der Waals surface area contributed by atoms with Crippen molar-refractivity contribution >= 4 is 0 Å². The molecule has 1 N–H and O–H groups in total. The van der Waals surface area contributed by atoms with Gasteiger partial charge in [-0.3, -0.25) is 4.90 Å². The molecule has 0 spiro atoms. The molecule has 0 atom stereocenters. The van der Waals surface area contributed by atoms with E-state index in [4.69, 9.17) is 9.47 Å². The zero-order valence-electron chi connectivity index (χ0n) is 9.83. The summed E-state index contributed by atoms with van der Waals surface area (Å²) in [6, 6.07) is 0. The fourth-order valence-electron chi connectivity index (χ4n) is 1.73. The van der Waals surface area contributed by atoms with Crippen LogP contribution in [0.15, 0.2) is 0 Å². The van der Waals surface area contributed by atoms with E-state index in [-0.39, 0.29) is 0 Å². The molecule has 0 bridgehead atoms. The van der Waals surface area contributed by atoms with E-state index in [1.807, 2.05) is 0 Å². The largest absolute Gasteiger partial charge is 0.385 e. The molecule has 0 amide bonds. The number of nitrogens with zero attached hydrogens (tertiary/aromatic N) is 1. The van der Waals surface area contributed by atoms with Crippen LogP contribution < -0.4 is 5.32 Å². The van der Waals surface area contributed by atoms with Gasteiger partial charge in [-0.05, 0) is 25.9 Å². The monoisotopic (exact) mass is 216 g/mol. The van der Waals surface area contributed by atoms with Gasteiger partial charge in [-0.1, -0.05) is 0 Å². The van der Waals surface area contributed by atoms with Crippen molar-refractivity contribution in [3.8, 4) is 0 Å². The van der Waals surface area contributed by atoms with E-state index in [9.17, 15) is 0 Å².